The maximum absolute atomic E-state index is 12.7. The normalized spacial score (nSPS) is 34.0. The lowest BCUT2D eigenvalue weighted by Crippen LogP contribution is -2.62. The fourth-order valence-corrected chi connectivity index (χ4v) is 4.54. The molecule has 0 radical (unpaired) electrons. The molecule has 0 saturated carbocycles. The molecule has 0 aliphatic carbocycles. The highest BCUT2D eigenvalue weighted by molar-refractivity contribution is 7.86. The van der Waals surface area contributed by atoms with Crippen LogP contribution in [0.3, 0.4) is 0 Å². The molecular weight excluding hydrogens is 286 g/mol. The minimum Gasteiger partial charge on any atom is -0.480 e. The lowest BCUT2D eigenvalue weighted by molar-refractivity contribution is -0.142. The van der Waals surface area contributed by atoms with E-state index in [0.717, 1.165) is 4.31 Å². The van der Waals surface area contributed by atoms with E-state index >= 15 is 0 Å². The van der Waals surface area contributed by atoms with Crippen LogP contribution in [-0.4, -0.2) is 79.1 Å². The molecular formula is C11H21N3O5S. The third-order valence-electron chi connectivity index (χ3n) is 3.49. The van der Waals surface area contributed by atoms with Crippen molar-refractivity contribution in [3.8, 4) is 0 Å². The quantitative estimate of drug-likeness (QED) is 0.672. The maximum Gasteiger partial charge on any atom is 0.323 e. The molecule has 0 aromatic heterocycles. The number of hydrogen-bond donors (Lipinski definition) is 2. The molecule has 0 aromatic rings. The Hall–Kier alpha value is -0.740. The van der Waals surface area contributed by atoms with E-state index in [0.29, 0.717) is 6.54 Å². The number of rotatable bonds is 3. The van der Waals surface area contributed by atoms with E-state index in [-0.39, 0.29) is 38.4 Å². The Morgan fingerprint density at radius 2 is 1.90 bits per heavy atom. The van der Waals surface area contributed by atoms with Gasteiger partial charge >= 0.3 is 5.97 Å². The fourth-order valence-electron chi connectivity index (χ4n) is 2.64. The summed E-state index contributed by atoms with van der Waals surface area (Å²) in [6.07, 6.45) is -0.389. The zero-order valence-electron chi connectivity index (χ0n) is 11.7. The standard InChI is InChI=1S/C11H21N3O5S/c1-8-6-13(7-9(2)19-8)20(17,18)14-4-3-12-5-10(14)11(15)16/h8-10,12H,3-7H2,1-2H3,(H,15,16). The first-order valence-electron chi connectivity index (χ1n) is 6.68. The van der Waals surface area contributed by atoms with Crippen LogP contribution in [0.4, 0.5) is 0 Å². The molecule has 2 aliphatic rings. The second-order valence-electron chi connectivity index (χ2n) is 5.25. The van der Waals surface area contributed by atoms with E-state index in [1.165, 1.54) is 4.31 Å². The Morgan fingerprint density at radius 1 is 1.30 bits per heavy atom. The van der Waals surface area contributed by atoms with E-state index in [4.69, 9.17) is 4.74 Å². The Bertz CT molecular complexity index is 459. The average Bonchev–Trinajstić information content (AvgIpc) is 2.37. The van der Waals surface area contributed by atoms with Gasteiger partial charge in [-0.1, -0.05) is 0 Å². The summed E-state index contributed by atoms with van der Waals surface area (Å²) in [6.45, 7) is 4.88. The highest BCUT2D eigenvalue weighted by atomic mass is 32.2. The molecule has 8 nitrogen and oxygen atoms in total. The molecule has 20 heavy (non-hydrogen) atoms. The van der Waals surface area contributed by atoms with Crippen LogP contribution in [0.25, 0.3) is 0 Å². The Kier molecular flexibility index (Phi) is 4.65. The van der Waals surface area contributed by atoms with Gasteiger partial charge in [-0.25, -0.2) is 0 Å². The van der Waals surface area contributed by atoms with E-state index in [1.807, 2.05) is 13.8 Å². The number of nitrogens with zero attached hydrogens (tertiary/aromatic N) is 2. The summed E-state index contributed by atoms with van der Waals surface area (Å²) in [7, 11) is -3.78. The Labute approximate surface area is 118 Å². The van der Waals surface area contributed by atoms with Crippen molar-refractivity contribution in [2.45, 2.75) is 32.1 Å². The smallest absolute Gasteiger partial charge is 0.323 e. The van der Waals surface area contributed by atoms with Gasteiger partial charge in [-0.05, 0) is 13.8 Å². The molecule has 0 bridgehead atoms. The molecule has 2 fully saturated rings. The molecule has 116 valence electrons. The summed E-state index contributed by atoms with van der Waals surface area (Å²) < 4.78 is 33.2. The molecule has 0 amide bonds. The Morgan fingerprint density at radius 3 is 2.45 bits per heavy atom. The SMILES string of the molecule is CC1CN(S(=O)(=O)N2CCNCC2C(=O)O)CC(C)O1. The van der Waals surface area contributed by atoms with E-state index in [1.54, 1.807) is 0 Å². The average molecular weight is 307 g/mol. The van der Waals surface area contributed by atoms with Crippen molar-refractivity contribution in [1.29, 1.82) is 0 Å². The molecule has 0 spiro atoms. The second kappa shape index (κ2) is 5.94. The van der Waals surface area contributed by atoms with Crippen LogP contribution in [0.2, 0.25) is 0 Å². The van der Waals surface area contributed by atoms with Crippen LogP contribution < -0.4 is 5.32 Å². The Balaban J connectivity index is 2.21. The molecule has 9 heteroatoms. The molecule has 2 saturated heterocycles. The maximum atomic E-state index is 12.7. The number of carboxylic acids is 1. The third kappa shape index (κ3) is 3.12. The zero-order valence-corrected chi connectivity index (χ0v) is 12.5. The predicted octanol–water partition coefficient (Wildman–Crippen LogP) is -1.30. The van der Waals surface area contributed by atoms with Crippen LogP contribution in [0.5, 0.6) is 0 Å². The minimum absolute atomic E-state index is 0.129. The number of aliphatic carboxylic acids is 1. The minimum atomic E-state index is -3.78. The van der Waals surface area contributed by atoms with Gasteiger partial charge in [0, 0.05) is 32.7 Å². The number of morpholine rings is 1. The van der Waals surface area contributed by atoms with Gasteiger partial charge in [-0.3, -0.25) is 4.79 Å². The summed E-state index contributed by atoms with van der Waals surface area (Å²) in [4.78, 5) is 11.2. The van der Waals surface area contributed by atoms with Crippen molar-refractivity contribution in [3.05, 3.63) is 0 Å². The summed E-state index contributed by atoms with van der Waals surface area (Å²) >= 11 is 0. The van der Waals surface area contributed by atoms with Crippen molar-refractivity contribution < 1.29 is 23.1 Å². The topological polar surface area (TPSA) is 99.2 Å². The zero-order chi connectivity index (χ0) is 14.9. The van der Waals surface area contributed by atoms with Crippen LogP contribution in [0.1, 0.15) is 13.8 Å². The number of hydrogen-bond acceptors (Lipinski definition) is 5. The van der Waals surface area contributed by atoms with Crippen molar-refractivity contribution >= 4 is 16.2 Å². The van der Waals surface area contributed by atoms with Crippen molar-refractivity contribution in [3.63, 3.8) is 0 Å². The van der Waals surface area contributed by atoms with Crippen molar-refractivity contribution in [2.24, 2.45) is 0 Å². The van der Waals surface area contributed by atoms with Crippen LogP contribution in [-0.2, 0) is 19.7 Å². The molecule has 2 aliphatic heterocycles. The molecule has 0 aromatic carbocycles. The number of carbonyl (C=O) groups is 1. The number of ether oxygens (including phenoxy) is 1. The van der Waals surface area contributed by atoms with E-state index < -0.39 is 22.2 Å². The first kappa shape index (κ1) is 15.6. The summed E-state index contributed by atoms with van der Waals surface area (Å²) in [6, 6.07) is -1.05. The van der Waals surface area contributed by atoms with Gasteiger partial charge in [-0.15, -0.1) is 0 Å². The third-order valence-corrected chi connectivity index (χ3v) is 5.47. The predicted molar refractivity (Wildman–Crippen MR) is 71.5 cm³/mol. The summed E-state index contributed by atoms with van der Waals surface area (Å²) in [5.74, 6) is -1.13. The van der Waals surface area contributed by atoms with Gasteiger partial charge < -0.3 is 15.2 Å². The van der Waals surface area contributed by atoms with Crippen molar-refractivity contribution in [2.75, 3.05) is 32.7 Å². The number of nitrogens with one attached hydrogen (secondary N) is 1. The molecule has 2 heterocycles. The summed E-state index contributed by atoms with van der Waals surface area (Å²) in [5, 5.41) is 12.1. The fraction of sp³-hybridized carbons (Fsp3) is 0.909. The number of piperazine rings is 1. The monoisotopic (exact) mass is 307 g/mol. The van der Waals surface area contributed by atoms with Gasteiger partial charge in [0.05, 0.1) is 12.2 Å². The number of carboxylic acid groups (broad SMARTS) is 1. The molecule has 3 unspecified atom stereocenters. The largest absolute Gasteiger partial charge is 0.480 e. The van der Waals surface area contributed by atoms with Crippen molar-refractivity contribution in [1.82, 2.24) is 13.9 Å². The molecule has 2 rings (SSSR count). The van der Waals surface area contributed by atoms with Gasteiger partial charge in [0.2, 0.25) is 0 Å². The highest BCUT2D eigenvalue weighted by Gasteiger charge is 2.42. The van der Waals surface area contributed by atoms with E-state index in [9.17, 15) is 18.3 Å². The van der Waals surface area contributed by atoms with Crippen LogP contribution >= 0.6 is 0 Å². The van der Waals surface area contributed by atoms with Gasteiger partial charge in [0.1, 0.15) is 6.04 Å². The van der Waals surface area contributed by atoms with Crippen LogP contribution in [0, 0.1) is 0 Å². The first-order valence-corrected chi connectivity index (χ1v) is 8.08. The van der Waals surface area contributed by atoms with E-state index in [2.05, 4.69) is 5.32 Å². The highest BCUT2D eigenvalue weighted by Crippen LogP contribution is 2.20. The lowest BCUT2D eigenvalue weighted by Gasteiger charge is -2.40. The van der Waals surface area contributed by atoms with Gasteiger partial charge in [0.15, 0.2) is 0 Å². The molecule has 2 N–H and O–H groups in total. The second-order valence-corrected chi connectivity index (χ2v) is 7.13. The first-order chi connectivity index (χ1) is 9.32. The molecule has 3 atom stereocenters. The van der Waals surface area contributed by atoms with Crippen LogP contribution in [0.15, 0.2) is 0 Å². The summed E-state index contributed by atoms with van der Waals surface area (Å²) in [5.41, 5.74) is 0. The lowest BCUT2D eigenvalue weighted by atomic mass is 10.2. The van der Waals surface area contributed by atoms with Gasteiger partial charge in [-0.2, -0.15) is 17.0 Å². The van der Waals surface area contributed by atoms with Gasteiger partial charge in [0.25, 0.3) is 10.2 Å².